The molecule has 2 N–H and O–H groups in total. The van der Waals surface area contributed by atoms with E-state index in [0.717, 1.165) is 25.2 Å². The fraction of sp³-hybridized carbons (Fsp3) is 0.556. The molecule has 0 aliphatic carbocycles. The van der Waals surface area contributed by atoms with E-state index in [1.54, 1.807) is 12.1 Å². The summed E-state index contributed by atoms with van der Waals surface area (Å²) in [5, 5.41) is 14.8. The van der Waals surface area contributed by atoms with Crippen molar-refractivity contribution in [1.29, 1.82) is 0 Å². The first-order valence-corrected chi connectivity index (χ1v) is 12.2. The van der Waals surface area contributed by atoms with Crippen LogP contribution in [0.25, 0.3) is 0 Å². The lowest BCUT2D eigenvalue weighted by molar-refractivity contribution is 0.210. The molecule has 0 saturated carbocycles. The smallest absolute Gasteiger partial charge is 0.138 e. The van der Waals surface area contributed by atoms with Crippen molar-refractivity contribution in [3.63, 3.8) is 0 Å². The molecule has 0 aliphatic heterocycles. The van der Waals surface area contributed by atoms with E-state index in [-0.39, 0.29) is 16.6 Å². The molecular formula is C27H40Cl2N2O. The molecule has 2 aromatic carbocycles. The van der Waals surface area contributed by atoms with Gasteiger partial charge in [-0.05, 0) is 53.5 Å². The highest BCUT2D eigenvalue weighted by Crippen LogP contribution is 2.32. The number of nitrogens with zero attached hydrogens (tertiary/aromatic N) is 1. The predicted molar refractivity (Wildman–Crippen MR) is 139 cm³/mol. The van der Waals surface area contributed by atoms with Gasteiger partial charge in [-0.15, -0.1) is 0 Å². The summed E-state index contributed by atoms with van der Waals surface area (Å²) in [6, 6.07) is 10.7. The van der Waals surface area contributed by atoms with Crippen LogP contribution in [-0.4, -0.2) is 29.1 Å². The van der Waals surface area contributed by atoms with Crippen molar-refractivity contribution in [3.05, 3.63) is 62.6 Å². The molecule has 32 heavy (non-hydrogen) atoms. The highest BCUT2D eigenvalue weighted by molar-refractivity contribution is 6.35. The quantitative estimate of drug-likeness (QED) is 0.390. The van der Waals surface area contributed by atoms with Crippen LogP contribution < -0.4 is 5.32 Å². The molecule has 0 fully saturated rings. The standard InChI is InChI=1S/C27H40Cl2N2O/c1-18(2)31(17-20-13-23(28)15-24(29)25(20)32)10-9-30-16-19-11-21(26(3,4)5)14-22(12-19)27(6,7)8/h11-15,18,30,32H,9-10,16-17H2,1-8H3. The van der Waals surface area contributed by atoms with Crippen molar-refractivity contribution in [2.24, 2.45) is 0 Å². The number of rotatable bonds is 8. The van der Waals surface area contributed by atoms with Gasteiger partial charge in [0.25, 0.3) is 0 Å². The lowest BCUT2D eigenvalue weighted by Gasteiger charge is -2.28. The third kappa shape index (κ3) is 7.66. The SMILES string of the molecule is CC(C)N(CCNCc1cc(C(C)(C)C)cc(C(C)(C)C)c1)Cc1cc(Cl)cc(Cl)c1O. The lowest BCUT2D eigenvalue weighted by atomic mass is 9.79. The number of benzene rings is 2. The number of hydrogen-bond donors (Lipinski definition) is 2. The number of halogens is 2. The summed E-state index contributed by atoms with van der Waals surface area (Å²) in [6.07, 6.45) is 0. The summed E-state index contributed by atoms with van der Waals surface area (Å²) in [7, 11) is 0. The molecular weight excluding hydrogens is 439 g/mol. The minimum absolute atomic E-state index is 0.114. The van der Waals surface area contributed by atoms with E-state index in [1.165, 1.54) is 16.7 Å². The first-order valence-electron chi connectivity index (χ1n) is 11.4. The van der Waals surface area contributed by atoms with Crippen LogP contribution in [0.1, 0.15) is 77.6 Å². The fourth-order valence-electron chi connectivity index (χ4n) is 3.59. The van der Waals surface area contributed by atoms with Gasteiger partial charge < -0.3 is 10.4 Å². The second kappa shape index (κ2) is 10.8. The minimum atomic E-state index is 0.114. The van der Waals surface area contributed by atoms with Crippen LogP contribution in [-0.2, 0) is 23.9 Å². The topological polar surface area (TPSA) is 35.5 Å². The third-order valence-electron chi connectivity index (χ3n) is 5.84. The van der Waals surface area contributed by atoms with Crippen molar-refractivity contribution in [1.82, 2.24) is 10.2 Å². The van der Waals surface area contributed by atoms with Gasteiger partial charge in [0.1, 0.15) is 5.75 Å². The molecule has 0 aliphatic rings. The minimum Gasteiger partial charge on any atom is -0.506 e. The fourth-order valence-corrected chi connectivity index (χ4v) is 4.13. The Balaban J connectivity index is 2.06. The second-order valence-electron chi connectivity index (χ2n) is 11.1. The van der Waals surface area contributed by atoms with Gasteiger partial charge in [-0.25, -0.2) is 0 Å². The number of hydrogen-bond acceptors (Lipinski definition) is 3. The van der Waals surface area contributed by atoms with E-state index in [2.05, 4.69) is 83.8 Å². The van der Waals surface area contributed by atoms with Crippen molar-refractivity contribution >= 4 is 23.2 Å². The van der Waals surface area contributed by atoms with Gasteiger partial charge in [-0.2, -0.15) is 0 Å². The summed E-state index contributed by atoms with van der Waals surface area (Å²) >= 11 is 12.2. The van der Waals surface area contributed by atoms with Crippen LogP contribution >= 0.6 is 23.2 Å². The maximum Gasteiger partial charge on any atom is 0.138 e. The normalized spacial score (nSPS) is 12.8. The molecule has 0 saturated heterocycles. The Hall–Kier alpha value is -1.26. The average molecular weight is 480 g/mol. The van der Waals surface area contributed by atoms with Crippen molar-refractivity contribution in [3.8, 4) is 5.75 Å². The zero-order chi connectivity index (χ0) is 24.3. The molecule has 5 heteroatoms. The van der Waals surface area contributed by atoms with Crippen LogP contribution in [0.3, 0.4) is 0 Å². The van der Waals surface area contributed by atoms with Gasteiger partial charge in [-0.1, -0.05) is 82.9 Å². The highest BCUT2D eigenvalue weighted by Gasteiger charge is 2.20. The maximum absolute atomic E-state index is 10.3. The first-order chi connectivity index (χ1) is 14.7. The van der Waals surface area contributed by atoms with Gasteiger partial charge >= 0.3 is 0 Å². The van der Waals surface area contributed by atoms with Gasteiger partial charge in [0, 0.05) is 42.8 Å². The Labute approximate surface area is 205 Å². The molecule has 3 nitrogen and oxygen atoms in total. The Morgan fingerprint density at radius 2 is 1.47 bits per heavy atom. The van der Waals surface area contributed by atoms with Gasteiger partial charge in [0.2, 0.25) is 0 Å². The molecule has 2 rings (SSSR count). The van der Waals surface area contributed by atoms with Crippen molar-refractivity contribution in [2.45, 2.75) is 85.4 Å². The van der Waals surface area contributed by atoms with Crippen molar-refractivity contribution in [2.75, 3.05) is 13.1 Å². The molecule has 0 spiro atoms. The molecule has 2 aromatic rings. The van der Waals surface area contributed by atoms with E-state index in [4.69, 9.17) is 23.2 Å². The summed E-state index contributed by atoms with van der Waals surface area (Å²) in [4.78, 5) is 2.31. The van der Waals surface area contributed by atoms with E-state index < -0.39 is 0 Å². The number of aromatic hydroxyl groups is 1. The monoisotopic (exact) mass is 478 g/mol. The number of phenols is 1. The maximum atomic E-state index is 10.3. The predicted octanol–water partition coefficient (Wildman–Crippen LogP) is 7.29. The largest absolute Gasteiger partial charge is 0.506 e. The van der Waals surface area contributed by atoms with Crippen LogP contribution in [0.4, 0.5) is 0 Å². The Kier molecular flexibility index (Phi) is 9.09. The first kappa shape index (κ1) is 27.0. The molecule has 0 heterocycles. The highest BCUT2D eigenvalue weighted by atomic mass is 35.5. The van der Waals surface area contributed by atoms with Crippen LogP contribution in [0.5, 0.6) is 5.75 Å². The Morgan fingerprint density at radius 1 is 0.906 bits per heavy atom. The zero-order valence-electron chi connectivity index (χ0n) is 20.9. The van der Waals surface area contributed by atoms with Gasteiger partial charge in [0.15, 0.2) is 0 Å². The molecule has 0 amide bonds. The van der Waals surface area contributed by atoms with Gasteiger partial charge in [0.05, 0.1) is 5.02 Å². The summed E-state index contributed by atoms with van der Waals surface area (Å²) in [5.41, 5.74) is 5.05. The van der Waals surface area contributed by atoms with E-state index >= 15 is 0 Å². The van der Waals surface area contributed by atoms with E-state index in [0.29, 0.717) is 22.6 Å². The molecule has 0 bridgehead atoms. The molecule has 0 aromatic heterocycles. The number of nitrogens with one attached hydrogen (secondary N) is 1. The van der Waals surface area contributed by atoms with Crippen molar-refractivity contribution < 1.29 is 5.11 Å². The van der Waals surface area contributed by atoms with Crippen LogP contribution in [0.15, 0.2) is 30.3 Å². The Morgan fingerprint density at radius 3 is 1.97 bits per heavy atom. The molecule has 0 unspecified atom stereocenters. The Bertz CT molecular complexity index is 879. The zero-order valence-corrected chi connectivity index (χ0v) is 22.5. The third-order valence-corrected chi connectivity index (χ3v) is 6.35. The van der Waals surface area contributed by atoms with Gasteiger partial charge in [-0.3, -0.25) is 4.90 Å². The average Bonchev–Trinajstić information content (AvgIpc) is 2.66. The molecule has 0 atom stereocenters. The molecule has 0 radical (unpaired) electrons. The summed E-state index contributed by atoms with van der Waals surface area (Å²) in [6.45, 7) is 21.0. The second-order valence-corrected chi connectivity index (χ2v) is 11.9. The lowest BCUT2D eigenvalue weighted by Crippen LogP contribution is -2.36. The van der Waals surface area contributed by atoms with Crippen LogP contribution in [0.2, 0.25) is 10.0 Å². The van der Waals surface area contributed by atoms with Crippen LogP contribution in [0, 0.1) is 0 Å². The summed E-state index contributed by atoms with van der Waals surface area (Å²) < 4.78 is 0. The molecule has 178 valence electrons. The summed E-state index contributed by atoms with van der Waals surface area (Å²) in [5.74, 6) is 0.114. The number of phenolic OH excluding ortho intramolecular Hbond substituents is 1. The van der Waals surface area contributed by atoms with E-state index in [9.17, 15) is 5.11 Å². The van der Waals surface area contributed by atoms with E-state index in [1.807, 2.05) is 0 Å².